The van der Waals surface area contributed by atoms with Crippen molar-refractivity contribution in [3.8, 4) is 0 Å². The average molecular weight is 254 g/mol. The van der Waals surface area contributed by atoms with Crippen molar-refractivity contribution in [1.82, 2.24) is 0 Å². The molecule has 1 fully saturated rings. The van der Waals surface area contributed by atoms with Gasteiger partial charge >= 0.3 is 0 Å². The van der Waals surface area contributed by atoms with E-state index in [1.165, 1.54) is 70.6 Å². The minimum atomic E-state index is 0.145. The molecule has 1 heteroatoms. The molecule has 108 valence electrons. The summed E-state index contributed by atoms with van der Waals surface area (Å²) in [7, 11) is 0. The van der Waals surface area contributed by atoms with Gasteiger partial charge in [0.15, 0.2) is 0 Å². The van der Waals surface area contributed by atoms with Gasteiger partial charge in [-0.2, -0.15) is 0 Å². The summed E-state index contributed by atoms with van der Waals surface area (Å²) < 4.78 is 5.77. The van der Waals surface area contributed by atoms with Crippen LogP contribution < -0.4 is 0 Å². The summed E-state index contributed by atoms with van der Waals surface area (Å²) in [6.45, 7) is 8.97. The normalized spacial score (nSPS) is 25.3. The Hall–Kier alpha value is -0.0400. The molecule has 0 amide bonds. The van der Waals surface area contributed by atoms with Gasteiger partial charge in [0.05, 0.1) is 11.2 Å². The van der Waals surface area contributed by atoms with E-state index in [1.807, 2.05) is 0 Å². The van der Waals surface area contributed by atoms with Crippen molar-refractivity contribution in [3.05, 3.63) is 0 Å². The second-order valence-electron chi connectivity index (χ2n) is 6.78. The smallest absolute Gasteiger partial charge is 0.0946 e. The van der Waals surface area contributed by atoms with E-state index in [0.29, 0.717) is 0 Å². The van der Waals surface area contributed by atoms with Crippen molar-refractivity contribution in [2.75, 3.05) is 0 Å². The summed E-state index contributed by atoms with van der Waals surface area (Å²) >= 11 is 0. The number of unbranched alkanes of at least 4 members (excludes halogenated alkanes) is 9. The maximum atomic E-state index is 5.77. The molecule has 1 heterocycles. The van der Waals surface area contributed by atoms with Gasteiger partial charge in [0.25, 0.3) is 0 Å². The molecule has 0 aliphatic carbocycles. The molecular formula is C17H34O. The summed E-state index contributed by atoms with van der Waals surface area (Å²) in [6, 6.07) is 0. The van der Waals surface area contributed by atoms with Crippen LogP contribution in [0.4, 0.5) is 0 Å². The van der Waals surface area contributed by atoms with Gasteiger partial charge < -0.3 is 4.74 Å². The van der Waals surface area contributed by atoms with Crippen molar-refractivity contribution in [1.29, 1.82) is 0 Å². The molecule has 1 aliphatic rings. The molecule has 0 saturated carbocycles. The van der Waals surface area contributed by atoms with E-state index in [-0.39, 0.29) is 11.2 Å². The lowest BCUT2D eigenvalue weighted by atomic mass is 9.92. The van der Waals surface area contributed by atoms with E-state index in [1.54, 1.807) is 0 Å². The van der Waals surface area contributed by atoms with E-state index in [4.69, 9.17) is 4.74 Å². The van der Waals surface area contributed by atoms with Crippen LogP contribution in [-0.2, 0) is 4.74 Å². The molecule has 0 aromatic rings. The van der Waals surface area contributed by atoms with Crippen molar-refractivity contribution in [3.63, 3.8) is 0 Å². The summed E-state index contributed by atoms with van der Waals surface area (Å²) in [4.78, 5) is 0. The Balaban J connectivity index is 1.80. The van der Waals surface area contributed by atoms with Crippen LogP contribution in [-0.4, -0.2) is 11.2 Å². The van der Waals surface area contributed by atoms with Crippen LogP contribution in [0.1, 0.15) is 98.3 Å². The minimum Gasteiger partial charge on any atom is -0.363 e. The highest BCUT2D eigenvalue weighted by molar-refractivity contribution is 5.07. The second-order valence-corrected chi connectivity index (χ2v) is 6.78. The fourth-order valence-corrected chi connectivity index (χ4v) is 2.84. The van der Waals surface area contributed by atoms with Gasteiger partial charge in [0.2, 0.25) is 0 Å². The van der Waals surface area contributed by atoms with Crippen molar-refractivity contribution in [2.45, 2.75) is 110 Å². The summed E-state index contributed by atoms with van der Waals surface area (Å²) in [5, 5.41) is 0. The van der Waals surface area contributed by atoms with Crippen molar-refractivity contribution in [2.24, 2.45) is 0 Å². The number of hydrogen-bond acceptors (Lipinski definition) is 1. The zero-order valence-corrected chi connectivity index (χ0v) is 13.2. The van der Waals surface area contributed by atoms with Gasteiger partial charge in [-0.05, 0) is 27.2 Å². The highest BCUT2D eigenvalue weighted by atomic mass is 16.6. The Labute approximate surface area is 115 Å². The third kappa shape index (κ3) is 5.30. The Bertz CT molecular complexity index is 222. The van der Waals surface area contributed by atoms with E-state index in [2.05, 4.69) is 27.7 Å². The van der Waals surface area contributed by atoms with Crippen molar-refractivity contribution < 1.29 is 4.74 Å². The van der Waals surface area contributed by atoms with Gasteiger partial charge in [-0.3, -0.25) is 0 Å². The first-order valence-corrected chi connectivity index (χ1v) is 8.22. The number of ether oxygens (including phenoxy) is 1. The first-order chi connectivity index (χ1) is 8.52. The number of hydrogen-bond donors (Lipinski definition) is 0. The monoisotopic (exact) mass is 254 g/mol. The lowest BCUT2D eigenvalue weighted by Gasteiger charge is -2.08. The molecule has 1 unspecified atom stereocenters. The third-order valence-electron chi connectivity index (χ3n) is 4.72. The Morgan fingerprint density at radius 1 is 0.667 bits per heavy atom. The van der Waals surface area contributed by atoms with Gasteiger partial charge in [0.1, 0.15) is 0 Å². The predicted octanol–water partition coefficient (Wildman–Crippen LogP) is 5.86. The topological polar surface area (TPSA) is 12.5 Å². The third-order valence-corrected chi connectivity index (χ3v) is 4.72. The molecule has 0 aromatic heterocycles. The SMILES string of the molecule is CCCCCCCCCCCCC1(C)OC1(C)C. The van der Waals surface area contributed by atoms with E-state index in [9.17, 15) is 0 Å². The molecule has 0 spiro atoms. The van der Waals surface area contributed by atoms with E-state index in [0.717, 1.165) is 0 Å². The standard InChI is InChI=1S/C17H34O/c1-5-6-7-8-9-10-11-12-13-14-15-17(4)16(2,3)18-17/h5-15H2,1-4H3. The number of epoxide rings is 1. The quantitative estimate of drug-likeness (QED) is 0.332. The fourth-order valence-electron chi connectivity index (χ4n) is 2.84. The zero-order valence-electron chi connectivity index (χ0n) is 13.2. The summed E-state index contributed by atoms with van der Waals surface area (Å²) in [6.07, 6.45) is 15.4. The minimum absolute atomic E-state index is 0.145. The Morgan fingerprint density at radius 3 is 1.44 bits per heavy atom. The first kappa shape index (κ1) is 16.0. The molecule has 1 aliphatic heterocycles. The van der Waals surface area contributed by atoms with Gasteiger partial charge in [-0.25, -0.2) is 0 Å². The molecule has 0 aromatic carbocycles. The lowest BCUT2D eigenvalue weighted by molar-refractivity contribution is 0.273. The summed E-state index contributed by atoms with van der Waals surface area (Å²) in [5.74, 6) is 0. The van der Waals surface area contributed by atoms with E-state index >= 15 is 0 Å². The van der Waals surface area contributed by atoms with Crippen LogP contribution in [0.15, 0.2) is 0 Å². The van der Waals surface area contributed by atoms with Crippen LogP contribution >= 0.6 is 0 Å². The highest BCUT2D eigenvalue weighted by Crippen LogP contribution is 2.50. The van der Waals surface area contributed by atoms with Gasteiger partial charge in [-0.1, -0.05) is 71.1 Å². The zero-order chi connectivity index (χ0) is 13.5. The molecular weight excluding hydrogens is 220 g/mol. The maximum absolute atomic E-state index is 5.77. The highest BCUT2D eigenvalue weighted by Gasteiger charge is 2.58. The average Bonchev–Trinajstić information content (AvgIpc) is 2.81. The van der Waals surface area contributed by atoms with Gasteiger partial charge in [-0.15, -0.1) is 0 Å². The molecule has 18 heavy (non-hydrogen) atoms. The molecule has 1 atom stereocenters. The molecule has 0 bridgehead atoms. The maximum Gasteiger partial charge on any atom is 0.0946 e. The van der Waals surface area contributed by atoms with E-state index < -0.39 is 0 Å². The predicted molar refractivity (Wildman–Crippen MR) is 80.0 cm³/mol. The Kier molecular flexibility index (Phi) is 6.70. The fraction of sp³-hybridized carbons (Fsp3) is 1.00. The Morgan fingerprint density at radius 2 is 1.06 bits per heavy atom. The van der Waals surface area contributed by atoms with Crippen LogP contribution in [0.5, 0.6) is 0 Å². The van der Waals surface area contributed by atoms with Crippen molar-refractivity contribution >= 4 is 0 Å². The van der Waals surface area contributed by atoms with Crippen LogP contribution in [0.3, 0.4) is 0 Å². The van der Waals surface area contributed by atoms with Crippen LogP contribution in [0.2, 0.25) is 0 Å². The molecule has 1 saturated heterocycles. The molecule has 1 rings (SSSR count). The first-order valence-electron chi connectivity index (χ1n) is 8.22. The van der Waals surface area contributed by atoms with Crippen LogP contribution in [0, 0.1) is 0 Å². The molecule has 0 N–H and O–H groups in total. The lowest BCUT2D eigenvalue weighted by Crippen LogP contribution is -2.15. The second kappa shape index (κ2) is 7.53. The molecule has 1 nitrogen and oxygen atoms in total. The van der Waals surface area contributed by atoms with Gasteiger partial charge in [0, 0.05) is 0 Å². The molecule has 0 radical (unpaired) electrons. The largest absolute Gasteiger partial charge is 0.363 e. The number of rotatable bonds is 11. The van der Waals surface area contributed by atoms with Crippen LogP contribution in [0.25, 0.3) is 0 Å². The summed E-state index contributed by atoms with van der Waals surface area (Å²) in [5.41, 5.74) is 0.333.